The van der Waals surface area contributed by atoms with Crippen LogP contribution in [0.3, 0.4) is 0 Å². The van der Waals surface area contributed by atoms with Crippen molar-refractivity contribution in [1.82, 2.24) is 9.80 Å². The molecule has 1 N–H and O–H groups in total. The number of aliphatic hydroxyl groups is 1. The minimum Gasteiger partial charge on any atom is -0.392 e. The molecule has 1 aromatic carbocycles. The van der Waals surface area contributed by atoms with Gasteiger partial charge in [-0.2, -0.15) is 0 Å². The molecule has 2 aliphatic heterocycles. The van der Waals surface area contributed by atoms with Gasteiger partial charge in [0.1, 0.15) is 0 Å². The normalized spacial score (nSPS) is 36.4. The predicted molar refractivity (Wildman–Crippen MR) is 93.6 cm³/mol. The van der Waals surface area contributed by atoms with E-state index < -0.39 is 0 Å². The molecule has 4 rings (SSSR count). The molecule has 3 fully saturated rings. The fourth-order valence-corrected chi connectivity index (χ4v) is 4.84. The summed E-state index contributed by atoms with van der Waals surface area (Å²) in [6, 6.07) is 11.7. The largest absolute Gasteiger partial charge is 0.392 e. The molecule has 126 valence electrons. The molecule has 3 atom stereocenters. The third-order valence-electron chi connectivity index (χ3n) is 6.41. The van der Waals surface area contributed by atoms with Crippen LogP contribution < -0.4 is 0 Å². The van der Waals surface area contributed by atoms with Crippen molar-refractivity contribution in [3.63, 3.8) is 0 Å². The Bertz CT molecular complexity index is 526. The van der Waals surface area contributed by atoms with Gasteiger partial charge in [-0.05, 0) is 55.7 Å². The zero-order valence-corrected chi connectivity index (χ0v) is 14.3. The van der Waals surface area contributed by atoms with Crippen LogP contribution in [0.5, 0.6) is 0 Å². The maximum absolute atomic E-state index is 9.73. The van der Waals surface area contributed by atoms with Gasteiger partial charge in [0.05, 0.1) is 6.10 Å². The number of hydrogen-bond donors (Lipinski definition) is 1. The lowest BCUT2D eigenvalue weighted by molar-refractivity contribution is 0.0991. The minimum absolute atomic E-state index is 0.0787. The highest BCUT2D eigenvalue weighted by molar-refractivity contribution is 5.29. The number of nitrogens with zero attached hydrogens (tertiary/aromatic N) is 2. The number of piperidine rings is 1. The molecule has 1 unspecified atom stereocenters. The first-order valence-electron chi connectivity index (χ1n) is 9.33. The molecule has 2 heterocycles. The SMILES string of the molecule is C[C@@]1(CN2CCC(N3CCC(O)C3)CC2)C[C@H]1c1ccccc1. The first-order chi connectivity index (χ1) is 11.1. The molecule has 23 heavy (non-hydrogen) atoms. The molecule has 1 aliphatic carbocycles. The van der Waals surface area contributed by atoms with Crippen LogP contribution in [-0.4, -0.2) is 59.8 Å². The van der Waals surface area contributed by atoms with Crippen LogP contribution >= 0.6 is 0 Å². The average molecular weight is 314 g/mol. The van der Waals surface area contributed by atoms with Gasteiger partial charge in [0.2, 0.25) is 0 Å². The summed E-state index contributed by atoms with van der Waals surface area (Å²) in [5.41, 5.74) is 2.01. The molecule has 3 heteroatoms. The summed E-state index contributed by atoms with van der Waals surface area (Å²) < 4.78 is 0. The van der Waals surface area contributed by atoms with Gasteiger partial charge in [-0.3, -0.25) is 4.90 Å². The summed E-state index contributed by atoms with van der Waals surface area (Å²) >= 11 is 0. The van der Waals surface area contributed by atoms with Crippen LogP contribution in [-0.2, 0) is 0 Å². The smallest absolute Gasteiger partial charge is 0.0679 e. The van der Waals surface area contributed by atoms with Gasteiger partial charge >= 0.3 is 0 Å². The van der Waals surface area contributed by atoms with E-state index >= 15 is 0 Å². The Labute approximate surface area is 140 Å². The molecule has 3 aliphatic rings. The van der Waals surface area contributed by atoms with Crippen molar-refractivity contribution in [2.75, 3.05) is 32.7 Å². The lowest BCUT2D eigenvalue weighted by Gasteiger charge is -2.38. The van der Waals surface area contributed by atoms with Crippen LogP contribution in [0.4, 0.5) is 0 Å². The maximum Gasteiger partial charge on any atom is 0.0679 e. The van der Waals surface area contributed by atoms with E-state index in [2.05, 4.69) is 47.1 Å². The van der Waals surface area contributed by atoms with Crippen molar-refractivity contribution in [3.05, 3.63) is 35.9 Å². The number of rotatable bonds is 4. The topological polar surface area (TPSA) is 26.7 Å². The van der Waals surface area contributed by atoms with Crippen LogP contribution in [0, 0.1) is 5.41 Å². The van der Waals surface area contributed by atoms with Crippen LogP contribution in [0.2, 0.25) is 0 Å². The molecule has 0 spiro atoms. The highest BCUT2D eigenvalue weighted by atomic mass is 16.3. The Morgan fingerprint density at radius 1 is 1.09 bits per heavy atom. The Morgan fingerprint density at radius 2 is 1.83 bits per heavy atom. The highest BCUT2D eigenvalue weighted by Gasteiger charge is 2.51. The van der Waals surface area contributed by atoms with Gasteiger partial charge in [-0.15, -0.1) is 0 Å². The van der Waals surface area contributed by atoms with E-state index in [1.807, 2.05) is 0 Å². The fourth-order valence-electron chi connectivity index (χ4n) is 4.84. The van der Waals surface area contributed by atoms with E-state index in [1.54, 1.807) is 0 Å². The molecule has 3 nitrogen and oxygen atoms in total. The third kappa shape index (κ3) is 3.33. The summed E-state index contributed by atoms with van der Waals surface area (Å²) in [5, 5.41) is 9.73. The van der Waals surface area contributed by atoms with Crippen molar-refractivity contribution >= 4 is 0 Å². The van der Waals surface area contributed by atoms with E-state index in [4.69, 9.17) is 0 Å². The summed E-state index contributed by atoms with van der Waals surface area (Å²) in [7, 11) is 0. The minimum atomic E-state index is -0.0787. The van der Waals surface area contributed by atoms with E-state index in [0.29, 0.717) is 11.5 Å². The van der Waals surface area contributed by atoms with Crippen molar-refractivity contribution in [2.24, 2.45) is 5.41 Å². The summed E-state index contributed by atoms with van der Waals surface area (Å²) in [6.07, 6.45) is 4.79. The lowest BCUT2D eigenvalue weighted by atomic mass is 9.97. The molecular formula is C20H30N2O. The Hall–Kier alpha value is -0.900. The van der Waals surface area contributed by atoms with Gasteiger partial charge in [0, 0.05) is 25.7 Å². The van der Waals surface area contributed by atoms with Gasteiger partial charge in [0.25, 0.3) is 0 Å². The van der Waals surface area contributed by atoms with Crippen molar-refractivity contribution in [3.8, 4) is 0 Å². The standard InChI is InChI=1S/C20H30N2O/c1-20(13-19(20)16-5-3-2-4-6-16)15-21-10-7-17(8-11-21)22-12-9-18(23)14-22/h2-6,17-19,23H,7-15H2,1H3/t18?,19-,20-/m0/s1. The highest BCUT2D eigenvalue weighted by Crippen LogP contribution is 2.59. The number of β-amino-alcohol motifs (C(OH)–C–C–N with tert-alkyl or cyclic N) is 1. The van der Waals surface area contributed by atoms with E-state index in [9.17, 15) is 5.11 Å². The molecule has 1 saturated carbocycles. The van der Waals surface area contributed by atoms with Crippen molar-refractivity contribution < 1.29 is 5.11 Å². The summed E-state index contributed by atoms with van der Waals surface area (Å²) in [5.74, 6) is 0.759. The van der Waals surface area contributed by atoms with E-state index in [-0.39, 0.29) is 6.10 Å². The molecule has 0 bridgehead atoms. The molecule has 0 aromatic heterocycles. The number of hydrogen-bond acceptors (Lipinski definition) is 3. The molecule has 0 amide bonds. The number of benzene rings is 1. The Morgan fingerprint density at radius 3 is 2.48 bits per heavy atom. The Kier molecular flexibility index (Phi) is 4.21. The third-order valence-corrected chi connectivity index (χ3v) is 6.41. The van der Waals surface area contributed by atoms with Crippen LogP contribution in [0.1, 0.15) is 44.1 Å². The molecular weight excluding hydrogens is 284 g/mol. The second-order valence-electron chi connectivity index (χ2n) is 8.27. The predicted octanol–water partition coefficient (Wildman–Crippen LogP) is 2.71. The average Bonchev–Trinajstić information content (AvgIpc) is 3.03. The van der Waals surface area contributed by atoms with Crippen molar-refractivity contribution in [2.45, 2.75) is 50.7 Å². The fraction of sp³-hybridized carbons (Fsp3) is 0.700. The molecule has 1 aromatic rings. The molecule has 0 radical (unpaired) electrons. The maximum atomic E-state index is 9.73. The lowest BCUT2D eigenvalue weighted by Crippen LogP contribution is -2.45. The van der Waals surface area contributed by atoms with Gasteiger partial charge in [-0.25, -0.2) is 0 Å². The second-order valence-corrected chi connectivity index (χ2v) is 8.27. The van der Waals surface area contributed by atoms with E-state index in [1.165, 1.54) is 44.5 Å². The number of aliphatic hydroxyl groups excluding tert-OH is 1. The van der Waals surface area contributed by atoms with Gasteiger partial charge in [-0.1, -0.05) is 37.3 Å². The van der Waals surface area contributed by atoms with E-state index in [0.717, 1.165) is 25.4 Å². The molecule has 2 saturated heterocycles. The second kappa shape index (κ2) is 6.19. The summed E-state index contributed by atoms with van der Waals surface area (Å²) in [4.78, 5) is 5.21. The zero-order chi connectivity index (χ0) is 15.9. The summed E-state index contributed by atoms with van der Waals surface area (Å²) in [6.45, 7) is 8.18. The van der Waals surface area contributed by atoms with Crippen molar-refractivity contribution in [1.29, 1.82) is 0 Å². The van der Waals surface area contributed by atoms with Gasteiger partial charge < -0.3 is 10.0 Å². The van der Waals surface area contributed by atoms with Crippen LogP contribution in [0.25, 0.3) is 0 Å². The number of likely N-dealkylation sites (tertiary alicyclic amines) is 2. The first kappa shape index (κ1) is 15.6. The zero-order valence-electron chi connectivity index (χ0n) is 14.3. The first-order valence-corrected chi connectivity index (χ1v) is 9.33. The van der Waals surface area contributed by atoms with Gasteiger partial charge in [0.15, 0.2) is 0 Å². The van der Waals surface area contributed by atoms with Crippen LogP contribution in [0.15, 0.2) is 30.3 Å². The quantitative estimate of drug-likeness (QED) is 0.926. The Balaban J connectivity index is 1.27. The monoisotopic (exact) mass is 314 g/mol.